The predicted molar refractivity (Wildman–Crippen MR) is 395 cm³/mol. The van der Waals surface area contributed by atoms with E-state index in [2.05, 4.69) is 34.6 Å². The molecule has 0 amide bonds. The fourth-order valence-electron chi connectivity index (χ4n) is 12.1. The van der Waals surface area contributed by atoms with E-state index in [1.807, 2.05) is 0 Å². The second-order valence-corrected chi connectivity index (χ2v) is 31.5. The second kappa shape index (κ2) is 71.1. The summed E-state index contributed by atoms with van der Waals surface area (Å²) in [5.74, 6) is -1.30. The van der Waals surface area contributed by atoms with Gasteiger partial charge in [-0.05, 0) is 31.6 Å². The Morgan fingerprint density at radius 1 is 0.278 bits per heavy atom. The molecule has 0 spiro atoms. The quantitative estimate of drug-likeness (QED) is 0.0222. The molecule has 0 saturated carbocycles. The lowest BCUT2D eigenvalue weighted by atomic mass is 10.0. The van der Waals surface area contributed by atoms with Crippen molar-refractivity contribution in [3.63, 3.8) is 0 Å². The molecule has 0 aromatic rings. The lowest BCUT2D eigenvalue weighted by Crippen LogP contribution is -2.30. The van der Waals surface area contributed by atoms with Crippen LogP contribution in [0.1, 0.15) is 413 Å². The minimum absolute atomic E-state index is 0.106. The number of phosphoric acid groups is 2. The first-order valence-electron chi connectivity index (χ1n) is 40.6. The van der Waals surface area contributed by atoms with Crippen molar-refractivity contribution in [3.05, 3.63) is 0 Å². The smallest absolute Gasteiger partial charge is 0.462 e. The van der Waals surface area contributed by atoms with E-state index in [9.17, 15) is 43.2 Å². The highest BCUT2D eigenvalue weighted by Crippen LogP contribution is 2.45. The molecule has 19 heteroatoms. The first-order valence-corrected chi connectivity index (χ1v) is 43.6. The summed E-state index contributed by atoms with van der Waals surface area (Å²) in [4.78, 5) is 72.7. The van der Waals surface area contributed by atoms with Crippen LogP contribution in [0.3, 0.4) is 0 Å². The van der Waals surface area contributed by atoms with E-state index in [4.69, 9.17) is 37.0 Å². The number of rotatable bonds is 78. The van der Waals surface area contributed by atoms with Crippen LogP contribution in [0, 0.1) is 5.92 Å². The maximum atomic E-state index is 13.1. The fourth-order valence-corrected chi connectivity index (χ4v) is 13.6. The highest BCUT2D eigenvalue weighted by Gasteiger charge is 2.30. The van der Waals surface area contributed by atoms with Crippen LogP contribution in [0.4, 0.5) is 0 Å². The summed E-state index contributed by atoms with van der Waals surface area (Å²) in [7, 11) is -9.90. The van der Waals surface area contributed by atoms with Gasteiger partial charge in [-0.1, -0.05) is 362 Å². The molecule has 97 heavy (non-hydrogen) atoms. The molecule has 0 saturated heterocycles. The number of carbonyl (C=O) groups excluding carboxylic acids is 4. The Hall–Kier alpha value is -1.94. The zero-order valence-electron chi connectivity index (χ0n) is 63.2. The minimum atomic E-state index is -4.96. The lowest BCUT2D eigenvalue weighted by molar-refractivity contribution is -0.161. The van der Waals surface area contributed by atoms with E-state index in [1.54, 1.807) is 0 Å². The van der Waals surface area contributed by atoms with Crippen LogP contribution in [0.2, 0.25) is 0 Å². The van der Waals surface area contributed by atoms with E-state index >= 15 is 0 Å². The molecule has 0 bridgehead atoms. The monoisotopic (exact) mass is 1420 g/mol. The first kappa shape index (κ1) is 95.1. The summed E-state index contributed by atoms with van der Waals surface area (Å²) in [6.07, 6.45) is 61.4. The second-order valence-electron chi connectivity index (χ2n) is 28.6. The Kier molecular flexibility index (Phi) is 69.6. The highest BCUT2D eigenvalue weighted by molar-refractivity contribution is 7.47. The molecule has 0 heterocycles. The Labute approximate surface area is 594 Å². The third kappa shape index (κ3) is 72.2. The zero-order valence-corrected chi connectivity index (χ0v) is 65.0. The zero-order chi connectivity index (χ0) is 71.2. The SMILES string of the molecule is CCCCCCCCCCCCCCCCCCCCCC(=O)OC[C@H](COP(=O)(O)OC[C@@H](O)COP(=O)(O)OC[C@@H](COC(=O)CCCCCCCCC)OC(=O)CCCCCCCCCCCC)OC(=O)CCCCCCCCCCCCCCCCCCCCC(C)C. The van der Waals surface area contributed by atoms with Gasteiger partial charge in [-0.25, -0.2) is 9.13 Å². The van der Waals surface area contributed by atoms with Crippen LogP contribution >= 0.6 is 15.6 Å². The average Bonchev–Trinajstić information content (AvgIpc) is 1.17. The van der Waals surface area contributed by atoms with Crippen molar-refractivity contribution in [3.8, 4) is 0 Å². The number of carbonyl (C=O) groups is 4. The van der Waals surface area contributed by atoms with Crippen LogP contribution in [-0.4, -0.2) is 96.7 Å². The number of ether oxygens (including phenoxy) is 4. The summed E-state index contributed by atoms with van der Waals surface area (Å²) >= 11 is 0. The molecule has 576 valence electrons. The van der Waals surface area contributed by atoms with Gasteiger partial charge in [0.05, 0.1) is 26.4 Å². The van der Waals surface area contributed by atoms with Crippen LogP contribution in [0.15, 0.2) is 0 Å². The van der Waals surface area contributed by atoms with Gasteiger partial charge in [-0.3, -0.25) is 37.3 Å². The van der Waals surface area contributed by atoms with Gasteiger partial charge < -0.3 is 33.8 Å². The molecule has 0 aliphatic heterocycles. The van der Waals surface area contributed by atoms with Crippen LogP contribution < -0.4 is 0 Å². The maximum Gasteiger partial charge on any atom is 0.472 e. The molecule has 0 fully saturated rings. The Morgan fingerprint density at radius 2 is 0.474 bits per heavy atom. The van der Waals surface area contributed by atoms with Crippen molar-refractivity contribution in [2.45, 2.75) is 432 Å². The topological polar surface area (TPSA) is 237 Å². The van der Waals surface area contributed by atoms with Gasteiger partial charge in [0.25, 0.3) is 0 Å². The standard InChI is InChI=1S/C78H152O17P2/c1-6-9-12-15-18-20-22-23-24-25-26-30-33-36-39-43-47-52-57-62-76(81)89-68-74(95-78(83)64-59-54-49-44-40-37-34-31-28-27-29-32-35-38-41-46-50-55-60-71(4)5)70-93-97(86,87)91-66-72(79)65-90-96(84,85)92-69-73(67-88-75(80)61-56-51-45-17-14-11-8-3)94-77(82)63-58-53-48-42-21-19-16-13-10-7-2/h71-74,79H,6-70H2,1-5H3,(H,84,85)(H,86,87)/t72-,73+,74+/m0/s1. The van der Waals surface area contributed by atoms with Crippen molar-refractivity contribution >= 4 is 39.5 Å². The number of aliphatic hydroxyl groups excluding tert-OH is 1. The van der Waals surface area contributed by atoms with Crippen LogP contribution in [0.5, 0.6) is 0 Å². The first-order chi connectivity index (χ1) is 47.0. The van der Waals surface area contributed by atoms with Gasteiger partial charge in [0.15, 0.2) is 12.2 Å². The normalized spacial score (nSPS) is 13.9. The average molecular weight is 1420 g/mol. The maximum absolute atomic E-state index is 13.1. The van der Waals surface area contributed by atoms with Crippen molar-refractivity contribution in [1.82, 2.24) is 0 Å². The summed E-state index contributed by atoms with van der Waals surface area (Å²) in [5, 5.41) is 10.6. The van der Waals surface area contributed by atoms with Crippen molar-refractivity contribution < 1.29 is 80.2 Å². The number of unbranched alkanes of at least 4 members (excludes halogenated alkanes) is 50. The number of hydrogen-bond acceptors (Lipinski definition) is 15. The molecular formula is C78H152O17P2. The predicted octanol–water partition coefficient (Wildman–Crippen LogP) is 23.3. The lowest BCUT2D eigenvalue weighted by Gasteiger charge is -2.21. The molecular weight excluding hydrogens is 1270 g/mol. The number of hydrogen-bond donors (Lipinski definition) is 3. The van der Waals surface area contributed by atoms with Crippen LogP contribution in [0.25, 0.3) is 0 Å². The van der Waals surface area contributed by atoms with E-state index < -0.39 is 97.5 Å². The molecule has 2 unspecified atom stereocenters. The molecule has 5 atom stereocenters. The van der Waals surface area contributed by atoms with E-state index in [-0.39, 0.29) is 25.7 Å². The van der Waals surface area contributed by atoms with Crippen molar-refractivity contribution in [2.24, 2.45) is 5.92 Å². The molecule has 0 rings (SSSR count). The number of aliphatic hydroxyl groups is 1. The number of esters is 4. The van der Waals surface area contributed by atoms with Crippen molar-refractivity contribution in [1.29, 1.82) is 0 Å². The molecule has 17 nitrogen and oxygen atoms in total. The Morgan fingerprint density at radius 3 is 0.701 bits per heavy atom. The van der Waals surface area contributed by atoms with E-state index in [1.165, 1.54) is 225 Å². The largest absolute Gasteiger partial charge is 0.472 e. The van der Waals surface area contributed by atoms with Crippen LogP contribution in [-0.2, 0) is 65.4 Å². The molecule has 0 aliphatic rings. The highest BCUT2D eigenvalue weighted by atomic mass is 31.2. The Balaban J connectivity index is 5.14. The third-order valence-electron chi connectivity index (χ3n) is 18.3. The molecule has 0 aromatic heterocycles. The minimum Gasteiger partial charge on any atom is -0.462 e. The summed E-state index contributed by atoms with van der Waals surface area (Å²) < 4.78 is 68.4. The number of phosphoric ester groups is 2. The summed E-state index contributed by atoms with van der Waals surface area (Å²) in [6, 6.07) is 0. The van der Waals surface area contributed by atoms with Gasteiger partial charge in [-0.15, -0.1) is 0 Å². The molecule has 0 radical (unpaired) electrons. The van der Waals surface area contributed by atoms with Crippen molar-refractivity contribution in [2.75, 3.05) is 39.6 Å². The summed E-state index contributed by atoms with van der Waals surface area (Å²) in [6.45, 7) is 7.29. The summed E-state index contributed by atoms with van der Waals surface area (Å²) in [5.41, 5.74) is 0. The third-order valence-corrected chi connectivity index (χ3v) is 20.2. The van der Waals surface area contributed by atoms with E-state index in [0.29, 0.717) is 25.7 Å². The molecule has 0 aromatic carbocycles. The fraction of sp³-hybridized carbons (Fsp3) is 0.949. The van der Waals surface area contributed by atoms with E-state index in [0.717, 1.165) is 109 Å². The Bertz CT molecular complexity index is 1860. The van der Waals surface area contributed by atoms with Gasteiger partial charge in [0.2, 0.25) is 0 Å². The van der Waals surface area contributed by atoms with Gasteiger partial charge in [0, 0.05) is 25.7 Å². The van der Waals surface area contributed by atoms with Gasteiger partial charge in [-0.2, -0.15) is 0 Å². The molecule has 0 aliphatic carbocycles. The van der Waals surface area contributed by atoms with Gasteiger partial charge >= 0.3 is 39.5 Å². The van der Waals surface area contributed by atoms with Gasteiger partial charge in [0.1, 0.15) is 19.3 Å². The molecule has 3 N–H and O–H groups in total.